The molecule has 14 heavy (non-hydrogen) atoms. The molecule has 1 rings (SSSR count). The van der Waals surface area contributed by atoms with Gasteiger partial charge >= 0.3 is 0 Å². The van der Waals surface area contributed by atoms with Crippen molar-refractivity contribution in [3.63, 3.8) is 0 Å². The molecule has 1 N–H and O–H groups in total. The molecule has 0 bridgehead atoms. The van der Waals surface area contributed by atoms with Crippen LogP contribution >= 0.6 is 0 Å². The minimum atomic E-state index is 0.813. The maximum absolute atomic E-state index is 3.74. The third-order valence-corrected chi connectivity index (χ3v) is 3.72. The van der Waals surface area contributed by atoms with Crippen molar-refractivity contribution in [3.8, 4) is 0 Å². The second-order valence-electron chi connectivity index (χ2n) is 5.32. The van der Waals surface area contributed by atoms with Crippen molar-refractivity contribution in [2.45, 2.75) is 65.3 Å². The van der Waals surface area contributed by atoms with E-state index in [2.05, 4.69) is 26.1 Å². The first-order valence-corrected chi connectivity index (χ1v) is 6.43. The summed E-state index contributed by atoms with van der Waals surface area (Å²) < 4.78 is 0. The lowest BCUT2D eigenvalue weighted by atomic mass is 9.97. The summed E-state index contributed by atoms with van der Waals surface area (Å²) in [6.45, 7) is 8.20. The molecule has 1 aliphatic rings. The van der Waals surface area contributed by atoms with Crippen molar-refractivity contribution < 1.29 is 0 Å². The summed E-state index contributed by atoms with van der Waals surface area (Å²) in [5.74, 6) is 1.63. The molecule has 0 aliphatic heterocycles. The van der Waals surface area contributed by atoms with Crippen molar-refractivity contribution in [1.82, 2.24) is 5.32 Å². The molecule has 0 aromatic rings. The van der Waals surface area contributed by atoms with Gasteiger partial charge in [0.2, 0.25) is 0 Å². The molecule has 0 aromatic heterocycles. The third-order valence-electron chi connectivity index (χ3n) is 3.72. The predicted octanol–water partition coefficient (Wildman–Crippen LogP) is 3.59. The van der Waals surface area contributed by atoms with Gasteiger partial charge in [-0.3, -0.25) is 0 Å². The van der Waals surface area contributed by atoms with E-state index in [1.807, 2.05) is 0 Å². The van der Waals surface area contributed by atoms with E-state index in [1.54, 1.807) is 0 Å². The first kappa shape index (κ1) is 12.0. The quantitative estimate of drug-likeness (QED) is 0.679. The average Bonchev–Trinajstić information content (AvgIpc) is 2.42. The normalized spacial score (nSPS) is 22.3. The van der Waals surface area contributed by atoms with Crippen LogP contribution in [0.25, 0.3) is 0 Å². The summed E-state index contributed by atoms with van der Waals surface area (Å²) >= 11 is 0. The molecule has 0 amide bonds. The van der Waals surface area contributed by atoms with Gasteiger partial charge in [0, 0.05) is 6.04 Å². The summed E-state index contributed by atoms with van der Waals surface area (Å²) in [6, 6.07) is 0.818. The fourth-order valence-corrected chi connectivity index (χ4v) is 2.07. The maximum atomic E-state index is 3.74. The fourth-order valence-electron chi connectivity index (χ4n) is 2.07. The van der Waals surface area contributed by atoms with Crippen molar-refractivity contribution in [2.75, 3.05) is 6.54 Å². The summed E-state index contributed by atoms with van der Waals surface area (Å²) in [5.41, 5.74) is 0. The van der Waals surface area contributed by atoms with Gasteiger partial charge in [0.15, 0.2) is 0 Å². The summed E-state index contributed by atoms with van der Waals surface area (Å²) in [5, 5.41) is 3.74. The lowest BCUT2D eigenvalue weighted by Crippen LogP contribution is -2.33. The van der Waals surface area contributed by atoms with Gasteiger partial charge in [-0.05, 0) is 31.2 Å². The van der Waals surface area contributed by atoms with Gasteiger partial charge in [0.1, 0.15) is 0 Å². The zero-order valence-corrected chi connectivity index (χ0v) is 10.2. The molecule has 1 saturated carbocycles. The molecule has 1 atom stereocenters. The van der Waals surface area contributed by atoms with Gasteiger partial charge in [0.05, 0.1) is 0 Å². The Morgan fingerprint density at radius 2 is 1.57 bits per heavy atom. The Morgan fingerprint density at radius 1 is 1.00 bits per heavy atom. The number of nitrogens with one attached hydrogen (secondary N) is 1. The van der Waals surface area contributed by atoms with Crippen LogP contribution in [0.15, 0.2) is 0 Å². The second kappa shape index (κ2) is 6.44. The minimum Gasteiger partial charge on any atom is -0.314 e. The van der Waals surface area contributed by atoms with E-state index in [-0.39, 0.29) is 0 Å². The molecule has 1 aliphatic carbocycles. The van der Waals surface area contributed by atoms with Crippen molar-refractivity contribution in [1.29, 1.82) is 0 Å². The van der Waals surface area contributed by atoms with E-state index < -0.39 is 0 Å². The molecule has 0 spiro atoms. The van der Waals surface area contributed by atoms with Gasteiger partial charge < -0.3 is 5.32 Å². The second-order valence-corrected chi connectivity index (χ2v) is 5.32. The Labute approximate surface area is 89.7 Å². The Morgan fingerprint density at radius 3 is 2.07 bits per heavy atom. The van der Waals surface area contributed by atoms with Crippen LogP contribution in [0.1, 0.15) is 59.3 Å². The van der Waals surface area contributed by atoms with Gasteiger partial charge in [-0.25, -0.2) is 0 Å². The van der Waals surface area contributed by atoms with E-state index in [4.69, 9.17) is 0 Å². The molecule has 0 saturated heterocycles. The Kier molecular flexibility index (Phi) is 5.54. The van der Waals surface area contributed by atoms with Gasteiger partial charge in [-0.15, -0.1) is 0 Å². The first-order valence-electron chi connectivity index (χ1n) is 6.43. The van der Waals surface area contributed by atoms with Crippen molar-refractivity contribution in [3.05, 3.63) is 0 Å². The highest BCUT2D eigenvalue weighted by atomic mass is 14.9. The van der Waals surface area contributed by atoms with Crippen LogP contribution in [-0.4, -0.2) is 12.6 Å². The number of hydrogen-bond donors (Lipinski definition) is 1. The van der Waals surface area contributed by atoms with E-state index in [0.717, 1.165) is 17.9 Å². The summed E-state index contributed by atoms with van der Waals surface area (Å²) in [6.07, 6.45) is 8.60. The zero-order chi connectivity index (χ0) is 10.4. The van der Waals surface area contributed by atoms with E-state index in [1.165, 1.54) is 45.1 Å². The first-order chi connectivity index (χ1) is 6.70. The Hall–Kier alpha value is -0.0400. The minimum absolute atomic E-state index is 0.813. The molecule has 1 heteroatoms. The topological polar surface area (TPSA) is 12.0 Å². The summed E-state index contributed by atoms with van der Waals surface area (Å²) in [4.78, 5) is 0. The molecule has 1 nitrogen and oxygen atoms in total. The lowest BCUT2D eigenvalue weighted by Gasteiger charge is -2.21. The average molecular weight is 197 g/mol. The van der Waals surface area contributed by atoms with Crippen LogP contribution in [0.5, 0.6) is 0 Å². The van der Waals surface area contributed by atoms with Crippen LogP contribution in [0, 0.1) is 11.8 Å². The molecule has 1 fully saturated rings. The highest BCUT2D eigenvalue weighted by Gasteiger charge is 2.13. The van der Waals surface area contributed by atoms with Gasteiger partial charge in [0.25, 0.3) is 0 Å². The molecule has 84 valence electrons. The lowest BCUT2D eigenvalue weighted by molar-refractivity contribution is 0.353. The Bertz CT molecular complexity index is 134. The standard InChI is InChI=1S/C13H27N/c1-11(2)12(3)10-14-13-8-6-4-5-7-9-13/h11-14H,4-10H2,1-3H3. The highest BCUT2D eigenvalue weighted by Crippen LogP contribution is 2.18. The van der Waals surface area contributed by atoms with Crippen LogP contribution < -0.4 is 5.32 Å². The molecular weight excluding hydrogens is 170 g/mol. The van der Waals surface area contributed by atoms with Crippen LogP contribution in [0.4, 0.5) is 0 Å². The van der Waals surface area contributed by atoms with Crippen LogP contribution in [-0.2, 0) is 0 Å². The van der Waals surface area contributed by atoms with Crippen LogP contribution in [0.2, 0.25) is 0 Å². The summed E-state index contributed by atoms with van der Waals surface area (Å²) in [7, 11) is 0. The fraction of sp³-hybridized carbons (Fsp3) is 1.00. The van der Waals surface area contributed by atoms with E-state index in [9.17, 15) is 0 Å². The highest BCUT2D eigenvalue weighted by molar-refractivity contribution is 4.72. The number of hydrogen-bond acceptors (Lipinski definition) is 1. The Balaban J connectivity index is 2.15. The molecule has 0 aromatic carbocycles. The van der Waals surface area contributed by atoms with E-state index in [0.29, 0.717) is 0 Å². The maximum Gasteiger partial charge on any atom is 0.00671 e. The predicted molar refractivity (Wildman–Crippen MR) is 63.5 cm³/mol. The zero-order valence-electron chi connectivity index (χ0n) is 10.2. The number of rotatable bonds is 4. The van der Waals surface area contributed by atoms with Crippen LogP contribution in [0.3, 0.4) is 0 Å². The van der Waals surface area contributed by atoms with Crippen molar-refractivity contribution in [2.24, 2.45) is 11.8 Å². The molecular formula is C13H27N. The molecule has 1 unspecified atom stereocenters. The van der Waals surface area contributed by atoms with Gasteiger partial charge in [-0.2, -0.15) is 0 Å². The smallest absolute Gasteiger partial charge is 0.00671 e. The largest absolute Gasteiger partial charge is 0.314 e. The monoisotopic (exact) mass is 197 g/mol. The SMILES string of the molecule is CC(C)C(C)CNC1CCCCCC1. The molecule has 0 radical (unpaired) electrons. The van der Waals surface area contributed by atoms with Crippen molar-refractivity contribution >= 4 is 0 Å². The molecule has 0 heterocycles. The van der Waals surface area contributed by atoms with Gasteiger partial charge in [-0.1, -0.05) is 46.5 Å². The van der Waals surface area contributed by atoms with E-state index >= 15 is 0 Å². The third kappa shape index (κ3) is 4.45.